The van der Waals surface area contributed by atoms with Crippen LogP contribution in [-0.4, -0.2) is 26.2 Å². The van der Waals surface area contributed by atoms with Gasteiger partial charge >= 0.3 is 0 Å². The third-order valence-corrected chi connectivity index (χ3v) is 4.14. The zero-order chi connectivity index (χ0) is 11.1. The van der Waals surface area contributed by atoms with Crippen LogP contribution in [0.1, 0.15) is 27.1 Å². The molecule has 0 radical (unpaired) electrons. The summed E-state index contributed by atoms with van der Waals surface area (Å²) in [7, 11) is -3.34. The van der Waals surface area contributed by atoms with Gasteiger partial charge in [-0.25, -0.2) is 8.42 Å². The summed E-state index contributed by atoms with van der Waals surface area (Å²) in [5.74, 6) is -0.359. The lowest BCUT2D eigenvalue weighted by Crippen LogP contribution is -2.21. The molecule has 5 heteroatoms. The van der Waals surface area contributed by atoms with E-state index >= 15 is 0 Å². The lowest BCUT2D eigenvalue weighted by molar-refractivity contribution is 0.0983. The van der Waals surface area contributed by atoms with Crippen molar-refractivity contribution in [1.82, 2.24) is 0 Å². The minimum atomic E-state index is -3.34. The van der Waals surface area contributed by atoms with E-state index in [9.17, 15) is 18.0 Å². The summed E-state index contributed by atoms with van der Waals surface area (Å²) in [6.45, 7) is 0. The Morgan fingerprint density at radius 3 is 2.67 bits per heavy atom. The second-order valence-corrected chi connectivity index (χ2v) is 5.44. The molecule has 0 amide bonds. The summed E-state index contributed by atoms with van der Waals surface area (Å²) in [4.78, 5) is 22.0. The fourth-order valence-corrected chi connectivity index (χ4v) is 3.04. The van der Waals surface area contributed by atoms with E-state index in [2.05, 4.69) is 0 Å². The first-order valence-electron chi connectivity index (χ1n) is 4.40. The quantitative estimate of drug-likeness (QED) is 0.663. The Morgan fingerprint density at radius 2 is 2.00 bits per heavy atom. The molecule has 1 heterocycles. The van der Waals surface area contributed by atoms with Gasteiger partial charge in [0.25, 0.3) is 0 Å². The van der Waals surface area contributed by atoms with Crippen molar-refractivity contribution in [2.24, 2.45) is 0 Å². The maximum atomic E-state index is 11.6. The first-order chi connectivity index (χ1) is 7.04. The fourth-order valence-electron chi connectivity index (χ4n) is 1.58. The molecular weight excluding hydrogens is 216 g/mol. The average molecular weight is 224 g/mol. The molecule has 0 N–H and O–H groups in total. The van der Waals surface area contributed by atoms with Crippen LogP contribution in [0.2, 0.25) is 0 Å². The van der Waals surface area contributed by atoms with E-state index in [0.29, 0.717) is 11.8 Å². The van der Waals surface area contributed by atoms with Gasteiger partial charge in [-0.2, -0.15) is 0 Å². The number of Topliss-reactive ketones (excluding diaryl/α,β-unsaturated/α-hetero) is 1. The summed E-state index contributed by atoms with van der Waals surface area (Å²) in [5, 5.41) is 0. The zero-order valence-electron chi connectivity index (χ0n) is 7.76. The molecule has 1 aromatic rings. The third-order valence-electron chi connectivity index (χ3n) is 2.37. The van der Waals surface area contributed by atoms with Crippen molar-refractivity contribution in [2.75, 3.05) is 5.75 Å². The van der Waals surface area contributed by atoms with Gasteiger partial charge in [0.15, 0.2) is 15.6 Å². The van der Waals surface area contributed by atoms with Gasteiger partial charge in [0.1, 0.15) is 6.29 Å². The van der Waals surface area contributed by atoms with Gasteiger partial charge in [0.05, 0.1) is 10.6 Å². The molecule has 1 aliphatic heterocycles. The highest BCUT2D eigenvalue weighted by Crippen LogP contribution is 2.25. The van der Waals surface area contributed by atoms with Crippen molar-refractivity contribution in [3.8, 4) is 0 Å². The second kappa shape index (κ2) is 3.27. The van der Waals surface area contributed by atoms with E-state index in [4.69, 9.17) is 0 Å². The molecule has 0 unspecified atom stereocenters. The van der Waals surface area contributed by atoms with Crippen molar-refractivity contribution < 1.29 is 18.0 Å². The van der Waals surface area contributed by atoms with Gasteiger partial charge in [-0.3, -0.25) is 9.59 Å². The molecule has 1 aliphatic rings. The van der Waals surface area contributed by atoms with Crippen molar-refractivity contribution >= 4 is 21.9 Å². The Kier molecular flexibility index (Phi) is 2.19. The highest BCUT2D eigenvalue weighted by atomic mass is 32.2. The first-order valence-corrected chi connectivity index (χ1v) is 6.05. The molecule has 15 heavy (non-hydrogen) atoms. The summed E-state index contributed by atoms with van der Waals surface area (Å²) in [6.07, 6.45) is 0.590. The maximum absolute atomic E-state index is 11.6. The normalized spacial score (nSPS) is 18.3. The number of rotatable bonds is 1. The molecule has 0 aromatic heterocycles. The number of aldehydes is 1. The maximum Gasteiger partial charge on any atom is 0.179 e. The second-order valence-electron chi connectivity index (χ2n) is 3.37. The molecule has 1 aromatic carbocycles. The number of sulfone groups is 1. The Bertz CT molecular complexity index is 543. The fraction of sp³-hybridized carbons (Fsp3) is 0.200. The lowest BCUT2D eigenvalue weighted by atomic mass is 10.1. The molecule has 0 spiro atoms. The number of hydrogen-bond donors (Lipinski definition) is 0. The predicted molar refractivity (Wildman–Crippen MR) is 52.8 cm³/mol. The van der Waals surface area contributed by atoms with Crippen LogP contribution in [0.3, 0.4) is 0 Å². The molecule has 0 saturated carbocycles. The Morgan fingerprint density at radius 1 is 1.27 bits per heavy atom. The minimum absolute atomic E-state index is 0.00234. The lowest BCUT2D eigenvalue weighted by Gasteiger charge is -2.14. The van der Waals surface area contributed by atoms with Crippen LogP contribution in [0.4, 0.5) is 0 Å². The summed E-state index contributed by atoms with van der Waals surface area (Å²) in [6, 6.07) is 4.06. The SMILES string of the molecule is O=Cc1ccc2c(c1)C(=O)CCS2(=O)=O. The molecule has 0 atom stereocenters. The number of carbonyl (C=O) groups excluding carboxylic acids is 2. The molecule has 0 saturated heterocycles. The van der Waals surface area contributed by atoms with Crippen LogP contribution >= 0.6 is 0 Å². The van der Waals surface area contributed by atoms with Crippen LogP contribution in [0.25, 0.3) is 0 Å². The van der Waals surface area contributed by atoms with Crippen molar-refractivity contribution in [3.05, 3.63) is 29.3 Å². The van der Waals surface area contributed by atoms with Crippen LogP contribution in [0.5, 0.6) is 0 Å². The monoisotopic (exact) mass is 224 g/mol. The molecule has 0 bridgehead atoms. The van der Waals surface area contributed by atoms with Crippen LogP contribution in [0, 0.1) is 0 Å². The Labute approximate surface area is 86.8 Å². The molecule has 0 fully saturated rings. The summed E-state index contributed by atoms with van der Waals surface area (Å²) >= 11 is 0. The molecule has 78 valence electrons. The van der Waals surface area contributed by atoms with Crippen molar-refractivity contribution in [3.63, 3.8) is 0 Å². The highest BCUT2D eigenvalue weighted by Gasteiger charge is 2.28. The molecule has 4 nitrogen and oxygen atoms in total. The van der Waals surface area contributed by atoms with Gasteiger partial charge < -0.3 is 0 Å². The number of carbonyl (C=O) groups is 2. The van der Waals surface area contributed by atoms with Gasteiger partial charge in [0, 0.05) is 17.5 Å². The smallest absolute Gasteiger partial charge is 0.179 e. The summed E-state index contributed by atoms with van der Waals surface area (Å²) in [5.41, 5.74) is 0.463. The van der Waals surface area contributed by atoms with E-state index < -0.39 is 9.84 Å². The van der Waals surface area contributed by atoms with Crippen molar-refractivity contribution in [2.45, 2.75) is 11.3 Å². The van der Waals surface area contributed by atoms with Gasteiger partial charge in [-0.05, 0) is 12.1 Å². The number of fused-ring (bicyclic) bond motifs is 1. The van der Waals surface area contributed by atoms with E-state index in [0.717, 1.165) is 0 Å². The first kappa shape index (κ1) is 10.0. The minimum Gasteiger partial charge on any atom is -0.298 e. The largest absolute Gasteiger partial charge is 0.298 e. The molecule has 2 rings (SSSR count). The number of hydrogen-bond acceptors (Lipinski definition) is 4. The zero-order valence-corrected chi connectivity index (χ0v) is 8.58. The van der Waals surface area contributed by atoms with Crippen LogP contribution < -0.4 is 0 Å². The molecule has 0 aliphatic carbocycles. The van der Waals surface area contributed by atoms with E-state index in [1.165, 1.54) is 18.2 Å². The van der Waals surface area contributed by atoms with Gasteiger partial charge in [-0.1, -0.05) is 6.07 Å². The number of benzene rings is 1. The van der Waals surface area contributed by atoms with Gasteiger partial charge in [0.2, 0.25) is 0 Å². The van der Waals surface area contributed by atoms with Crippen LogP contribution in [-0.2, 0) is 9.84 Å². The number of ketones is 1. The van der Waals surface area contributed by atoms with Gasteiger partial charge in [-0.15, -0.1) is 0 Å². The Balaban J connectivity index is 2.73. The average Bonchev–Trinajstić information content (AvgIpc) is 2.23. The van der Waals surface area contributed by atoms with Crippen LogP contribution in [0.15, 0.2) is 23.1 Å². The highest BCUT2D eigenvalue weighted by molar-refractivity contribution is 7.91. The van der Waals surface area contributed by atoms with E-state index in [1.54, 1.807) is 0 Å². The standard InChI is InChI=1S/C10H8O4S/c11-6-7-1-2-10-8(5-7)9(12)3-4-15(10,13)14/h1-2,5-6H,3-4H2. The molecular formula is C10H8O4S. The predicted octanol–water partition coefficient (Wildman–Crippen LogP) is 0.859. The van der Waals surface area contributed by atoms with Crippen molar-refractivity contribution in [1.29, 1.82) is 0 Å². The van der Waals surface area contributed by atoms with E-state index in [1.807, 2.05) is 0 Å². The van der Waals surface area contributed by atoms with E-state index in [-0.39, 0.29) is 28.4 Å². The summed E-state index contributed by atoms with van der Waals surface area (Å²) < 4.78 is 23.2. The topological polar surface area (TPSA) is 68.3 Å². The Hall–Kier alpha value is -1.49. The third kappa shape index (κ3) is 1.59.